The molecular weight excluding hydrogens is 409 g/mol. The Hall–Kier alpha value is -3.07. The van der Waals surface area contributed by atoms with Gasteiger partial charge in [0, 0.05) is 23.5 Å². The summed E-state index contributed by atoms with van der Waals surface area (Å²) in [5, 5.41) is 0. The van der Waals surface area contributed by atoms with Gasteiger partial charge < -0.3 is 9.64 Å². The van der Waals surface area contributed by atoms with E-state index in [-0.39, 0.29) is 24.6 Å². The number of nitrogens with one attached hydrogen (secondary N) is 2. The van der Waals surface area contributed by atoms with Crippen LogP contribution in [0.4, 0.5) is 10.1 Å². The summed E-state index contributed by atoms with van der Waals surface area (Å²) < 4.78 is 18.9. The van der Waals surface area contributed by atoms with Crippen molar-refractivity contribution in [2.75, 3.05) is 17.7 Å². The van der Waals surface area contributed by atoms with E-state index in [0.717, 1.165) is 10.6 Å². The highest BCUT2D eigenvalue weighted by atomic mass is 32.2. The van der Waals surface area contributed by atoms with Crippen molar-refractivity contribution in [2.45, 2.75) is 24.3 Å². The molecule has 30 heavy (non-hydrogen) atoms. The van der Waals surface area contributed by atoms with E-state index in [9.17, 15) is 18.8 Å². The zero-order chi connectivity index (χ0) is 21.7. The molecule has 3 amide bonds. The first-order chi connectivity index (χ1) is 14.4. The molecule has 1 aliphatic heterocycles. The number of carbonyl (C=O) groups is 3. The van der Waals surface area contributed by atoms with Crippen molar-refractivity contribution >= 4 is 35.2 Å². The Morgan fingerprint density at radius 1 is 1.17 bits per heavy atom. The molecule has 0 aromatic heterocycles. The van der Waals surface area contributed by atoms with Crippen molar-refractivity contribution in [3.8, 4) is 5.75 Å². The topological polar surface area (TPSA) is 87.7 Å². The Morgan fingerprint density at radius 3 is 2.53 bits per heavy atom. The minimum Gasteiger partial charge on any atom is -0.478 e. The summed E-state index contributed by atoms with van der Waals surface area (Å²) in [6.45, 7) is 1.66. The molecule has 0 aliphatic carbocycles. The first-order valence-electron chi connectivity index (χ1n) is 9.34. The van der Waals surface area contributed by atoms with E-state index in [4.69, 9.17) is 4.74 Å². The third-order valence-corrected chi connectivity index (χ3v) is 5.44. The molecule has 9 heteroatoms. The largest absolute Gasteiger partial charge is 0.478 e. The van der Waals surface area contributed by atoms with Gasteiger partial charge in [0.15, 0.2) is 17.7 Å². The fourth-order valence-electron chi connectivity index (χ4n) is 3.01. The number of para-hydroxylation sites is 1. The average molecular weight is 431 g/mol. The molecule has 0 radical (unpaired) electrons. The minimum absolute atomic E-state index is 0.0489. The van der Waals surface area contributed by atoms with Crippen LogP contribution in [0.3, 0.4) is 0 Å². The van der Waals surface area contributed by atoms with E-state index in [2.05, 4.69) is 10.9 Å². The molecule has 7 nitrogen and oxygen atoms in total. The number of nitrogens with zero attached hydrogens (tertiary/aromatic N) is 1. The number of benzene rings is 2. The summed E-state index contributed by atoms with van der Waals surface area (Å²) in [6.07, 6.45) is 0.985. The number of thioether (sulfide) groups is 1. The van der Waals surface area contributed by atoms with Gasteiger partial charge in [-0.1, -0.05) is 12.1 Å². The normalized spacial score (nSPS) is 16.8. The molecule has 2 aromatic rings. The van der Waals surface area contributed by atoms with Gasteiger partial charge in [-0.2, -0.15) is 0 Å². The van der Waals surface area contributed by atoms with Crippen molar-refractivity contribution in [3.05, 3.63) is 54.3 Å². The predicted octanol–water partition coefficient (Wildman–Crippen LogP) is 2.52. The van der Waals surface area contributed by atoms with Crippen LogP contribution in [0, 0.1) is 11.7 Å². The van der Waals surface area contributed by atoms with Gasteiger partial charge in [0.05, 0.1) is 5.92 Å². The second-order valence-corrected chi connectivity index (χ2v) is 7.65. The summed E-state index contributed by atoms with van der Waals surface area (Å²) >= 11 is 1.60. The lowest BCUT2D eigenvalue weighted by molar-refractivity contribution is -0.134. The summed E-state index contributed by atoms with van der Waals surface area (Å²) in [5.41, 5.74) is 5.31. The highest BCUT2D eigenvalue weighted by Crippen LogP contribution is 2.27. The van der Waals surface area contributed by atoms with Crippen LogP contribution in [0.15, 0.2) is 53.4 Å². The maximum absolute atomic E-state index is 13.6. The highest BCUT2D eigenvalue weighted by molar-refractivity contribution is 7.98. The van der Waals surface area contributed by atoms with Crippen LogP contribution in [-0.4, -0.2) is 36.6 Å². The number of amides is 3. The monoisotopic (exact) mass is 431 g/mol. The van der Waals surface area contributed by atoms with Gasteiger partial charge in [-0.3, -0.25) is 25.2 Å². The van der Waals surface area contributed by atoms with Crippen molar-refractivity contribution in [1.29, 1.82) is 0 Å². The number of hydrazine groups is 1. The van der Waals surface area contributed by atoms with Crippen LogP contribution in [0.25, 0.3) is 0 Å². The van der Waals surface area contributed by atoms with E-state index in [0.29, 0.717) is 0 Å². The van der Waals surface area contributed by atoms with Gasteiger partial charge in [-0.25, -0.2) is 4.39 Å². The smallest absolute Gasteiger partial charge is 0.279 e. The second kappa shape index (κ2) is 9.62. The van der Waals surface area contributed by atoms with E-state index in [1.54, 1.807) is 22.7 Å². The maximum atomic E-state index is 13.6. The number of ether oxygens (including phenoxy) is 1. The lowest BCUT2D eigenvalue weighted by Gasteiger charge is -2.18. The Bertz CT molecular complexity index is 938. The first-order valence-corrected chi connectivity index (χ1v) is 10.6. The van der Waals surface area contributed by atoms with E-state index in [1.165, 1.54) is 25.1 Å². The van der Waals surface area contributed by atoms with Crippen molar-refractivity contribution in [2.24, 2.45) is 5.92 Å². The van der Waals surface area contributed by atoms with Crippen LogP contribution in [0.5, 0.6) is 5.75 Å². The molecular formula is C21H22FN3O4S. The van der Waals surface area contributed by atoms with Gasteiger partial charge in [-0.15, -0.1) is 11.8 Å². The Balaban J connectivity index is 1.51. The summed E-state index contributed by atoms with van der Waals surface area (Å²) in [6, 6.07) is 13.2. The number of hydrogen-bond donors (Lipinski definition) is 2. The van der Waals surface area contributed by atoms with Crippen LogP contribution in [0.2, 0.25) is 0 Å². The zero-order valence-corrected chi connectivity index (χ0v) is 17.4. The second-order valence-electron chi connectivity index (χ2n) is 6.77. The number of carbonyl (C=O) groups excluding carboxylic acids is 3. The van der Waals surface area contributed by atoms with E-state index in [1.807, 2.05) is 30.5 Å². The molecule has 2 atom stereocenters. The Morgan fingerprint density at radius 2 is 1.87 bits per heavy atom. The van der Waals surface area contributed by atoms with Gasteiger partial charge in [0.1, 0.15) is 0 Å². The summed E-state index contributed by atoms with van der Waals surface area (Å²) in [4.78, 5) is 39.5. The SMILES string of the molecule is CSc1ccc(N2C[C@@H](C(=O)NNC(=O)[C@@H](C)Oc3ccccc3F)CC2=O)cc1. The van der Waals surface area contributed by atoms with Crippen LogP contribution < -0.4 is 20.5 Å². The molecule has 1 saturated heterocycles. The summed E-state index contributed by atoms with van der Waals surface area (Å²) in [5.74, 6) is -2.51. The molecule has 0 unspecified atom stereocenters. The number of hydrogen-bond acceptors (Lipinski definition) is 5. The molecule has 158 valence electrons. The van der Waals surface area contributed by atoms with Crippen molar-refractivity contribution in [1.82, 2.24) is 10.9 Å². The van der Waals surface area contributed by atoms with Crippen LogP contribution in [0.1, 0.15) is 13.3 Å². The third-order valence-electron chi connectivity index (χ3n) is 4.70. The van der Waals surface area contributed by atoms with Gasteiger partial charge in [0.25, 0.3) is 5.91 Å². The van der Waals surface area contributed by atoms with Gasteiger partial charge >= 0.3 is 0 Å². The van der Waals surface area contributed by atoms with Crippen LogP contribution in [-0.2, 0) is 14.4 Å². The van der Waals surface area contributed by atoms with Crippen molar-refractivity contribution in [3.63, 3.8) is 0 Å². The maximum Gasteiger partial charge on any atom is 0.279 e. The predicted molar refractivity (Wildman–Crippen MR) is 111 cm³/mol. The molecule has 0 saturated carbocycles. The zero-order valence-electron chi connectivity index (χ0n) is 16.6. The van der Waals surface area contributed by atoms with E-state index < -0.39 is 29.7 Å². The molecule has 3 rings (SSSR count). The molecule has 2 N–H and O–H groups in total. The Kier molecular flexibility index (Phi) is 6.94. The number of rotatable bonds is 6. The van der Waals surface area contributed by atoms with Crippen molar-refractivity contribution < 1.29 is 23.5 Å². The van der Waals surface area contributed by atoms with Crippen LogP contribution >= 0.6 is 11.8 Å². The standard InChI is InChI=1S/C21H22FN3O4S/c1-13(29-18-6-4-3-5-17(18)22)20(27)23-24-21(28)14-11-19(26)25(12-14)15-7-9-16(30-2)10-8-15/h3-10,13-14H,11-12H2,1-2H3,(H,23,27)(H,24,28)/t13-,14+/m1/s1. The summed E-state index contributed by atoms with van der Waals surface area (Å²) in [7, 11) is 0. The highest BCUT2D eigenvalue weighted by Gasteiger charge is 2.35. The lowest BCUT2D eigenvalue weighted by atomic mass is 10.1. The Labute approximate surface area is 177 Å². The fourth-order valence-corrected chi connectivity index (χ4v) is 3.41. The fraction of sp³-hybridized carbons (Fsp3) is 0.286. The van der Waals surface area contributed by atoms with E-state index >= 15 is 0 Å². The quantitative estimate of drug-likeness (QED) is 0.542. The minimum atomic E-state index is -1.03. The molecule has 1 fully saturated rings. The number of halogens is 1. The number of anilines is 1. The molecule has 2 aromatic carbocycles. The first kappa shape index (κ1) is 21.6. The lowest BCUT2D eigenvalue weighted by Crippen LogP contribution is -2.49. The molecule has 0 bridgehead atoms. The molecule has 0 spiro atoms. The van der Waals surface area contributed by atoms with Gasteiger partial charge in [0.2, 0.25) is 11.8 Å². The average Bonchev–Trinajstić information content (AvgIpc) is 3.15. The third kappa shape index (κ3) is 5.10. The molecule has 1 heterocycles. The molecule has 1 aliphatic rings. The van der Waals surface area contributed by atoms with Gasteiger partial charge in [-0.05, 0) is 49.6 Å².